The van der Waals surface area contributed by atoms with Crippen molar-refractivity contribution < 1.29 is 18.6 Å². The van der Waals surface area contributed by atoms with Crippen LogP contribution < -0.4 is 10.5 Å². The van der Waals surface area contributed by atoms with Crippen molar-refractivity contribution >= 4 is 0 Å². The maximum absolute atomic E-state index is 13.6. The lowest BCUT2D eigenvalue weighted by atomic mass is 9.99. The maximum atomic E-state index is 13.6. The average Bonchev–Trinajstić information content (AvgIpc) is 2.37. The molecule has 1 aromatic carbocycles. The first-order chi connectivity index (χ1) is 8.45. The molecule has 0 amide bonds. The van der Waals surface area contributed by atoms with Crippen molar-refractivity contribution in [3.8, 4) is 5.75 Å². The van der Waals surface area contributed by atoms with Crippen molar-refractivity contribution in [2.24, 2.45) is 5.73 Å². The van der Waals surface area contributed by atoms with Gasteiger partial charge in [-0.1, -0.05) is 13.8 Å². The summed E-state index contributed by atoms with van der Waals surface area (Å²) in [4.78, 5) is 0. The molecule has 1 rings (SSSR count). The van der Waals surface area contributed by atoms with E-state index in [1.54, 1.807) is 13.8 Å². The summed E-state index contributed by atoms with van der Waals surface area (Å²) in [5.41, 5.74) is 4.61. The molecule has 5 heteroatoms. The molecule has 3 nitrogen and oxygen atoms in total. The molecule has 3 N–H and O–H groups in total. The minimum Gasteiger partial charge on any atom is -0.485 e. The Kier molecular flexibility index (Phi) is 5.04. The van der Waals surface area contributed by atoms with Gasteiger partial charge in [-0.2, -0.15) is 0 Å². The van der Waals surface area contributed by atoms with E-state index in [0.717, 1.165) is 12.1 Å². The van der Waals surface area contributed by atoms with Crippen LogP contribution in [0.1, 0.15) is 32.3 Å². The fourth-order valence-electron chi connectivity index (χ4n) is 1.53. The lowest BCUT2D eigenvalue weighted by Crippen LogP contribution is -2.34. The Morgan fingerprint density at radius 1 is 1.22 bits per heavy atom. The standard InChI is InChI=1S/C13H19F2NO2/c1-3-13(17,4-2)8-18-12-10(14)5-9(7-16)6-11(12)15/h5-6,17H,3-4,7-8,16H2,1-2H3. The third-order valence-electron chi connectivity index (χ3n) is 3.10. The van der Waals surface area contributed by atoms with Gasteiger partial charge in [0.2, 0.25) is 0 Å². The van der Waals surface area contributed by atoms with Gasteiger partial charge in [0.25, 0.3) is 0 Å². The van der Waals surface area contributed by atoms with E-state index in [4.69, 9.17) is 10.5 Å². The quantitative estimate of drug-likeness (QED) is 0.824. The molecule has 0 saturated carbocycles. The van der Waals surface area contributed by atoms with Crippen LogP contribution in [0.4, 0.5) is 8.78 Å². The Balaban J connectivity index is 2.85. The minimum atomic E-state index is -1.06. The van der Waals surface area contributed by atoms with Gasteiger partial charge in [-0.3, -0.25) is 0 Å². The zero-order valence-corrected chi connectivity index (χ0v) is 10.7. The first-order valence-electron chi connectivity index (χ1n) is 5.99. The van der Waals surface area contributed by atoms with Crippen molar-refractivity contribution in [1.29, 1.82) is 0 Å². The summed E-state index contributed by atoms with van der Waals surface area (Å²) in [5.74, 6) is -2.07. The lowest BCUT2D eigenvalue weighted by molar-refractivity contribution is -0.0133. The molecule has 0 aliphatic carbocycles. The van der Waals surface area contributed by atoms with E-state index in [0.29, 0.717) is 18.4 Å². The van der Waals surface area contributed by atoms with Gasteiger partial charge in [0, 0.05) is 6.54 Å². The molecule has 0 aliphatic rings. The summed E-state index contributed by atoms with van der Waals surface area (Å²) < 4.78 is 32.2. The minimum absolute atomic E-state index is 0.0575. The van der Waals surface area contributed by atoms with Crippen molar-refractivity contribution in [3.05, 3.63) is 29.3 Å². The van der Waals surface area contributed by atoms with Crippen LogP contribution in [0.3, 0.4) is 0 Å². The summed E-state index contributed by atoms with van der Waals surface area (Å²) in [5, 5.41) is 9.98. The number of ether oxygens (including phenoxy) is 1. The molecule has 0 fully saturated rings. The number of nitrogens with two attached hydrogens (primary N) is 1. The fourth-order valence-corrected chi connectivity index (χ4v) is 1.53. The van der Waals surface area contributed by atoms with Crippen LogP contribution >= 0.6 is 0 Å². The van der Waals surface area contributed by atoms with Crippen LogP contribution in [0.15, 0.2) is 12.1 Å². The molecule has 18 heavy (non-hydrogen) atoms. The molecule has 0 spiro atoms. The Morgan fingerprint density at radius 2 is 1.72 bits per heavy atom. The zero-order chi connectivity index (χ0) is 13.8. The Bertz CT molecular complexity index is 383. The third-order valence-corrected chi connectivity index (χ3v) is 3.10. The van der Waals surface area contributed by atoms with Gasteiger partial charge < -0.3 is 15.6 Å². The van der Waals surface area contributed by atoms with Crippen molar-refractivity contribution in [3.63, 3.8) is 0 Å². The van der Waals surface area contributed by atoms with E-state index in [-0.39, 0.29) is 13.2 Å². The second kappa shape index (κ2) is 6.11. The highest BCUT2D eigenvalue weighted by atomic mass is 19.1. The van der Waals surface area contributed by atoms with Crippen LogP contribution in [0, 0.1) is 11.6 Å². The number of hydrogen-bond donors (Lipinski definition) is 2. The topological polar surface area (TPSA) is 55.5 Å². The molecule has 0 unspecified atom stereocenters. The van der Waals surface area contributed by atoms with Gasteiger partial charge in [-0.05, 0) is 30.5 Å². The van der Waals surface area contributed by atoms with Crippen LogP contribution in [-0.2, 0) is 6.54 Å². The number of hydrogen-bond acceptors (Lipinski definition) is 3. The summed E-state index contributed by atoms with van der Waals surface area (Å²) in [6, 6.07) is 2.27. The Hall–Kier alpha value is -1.20. The predicted octanol–water partition coefficient (Wildman–Crippen LogP) is 2.35. The molecule has 0 saturated heterocycles. The number of halogens is 2. The largest absolute Gasteiger partial charge is 0.485 e. The first kappa shape index (κ1) is 14.9. The highest BCUT2D eigenvalue weighted by Crippen LogP contribution is 2.25. The molecule has 0 radical (unpaired) electrons. The van der Waals surface area contributed by atoms with Gasteiger partial charge in [0.1, 0.15) is 6.61 Å². The number of rotatable bonds is 6. The van der Waals surface area contributed by atoms with E-state index < -0.39 is 23.0 Å². The fraction of sp³-hybridized carbons (Fsp3) is 0.538. The summed E-state index contributed by atoms with van der Waals surface area (Å²) >= 11 is 0. The van der Waals surface area contributed by atoms with Crippen molar-refractivity contribution in [2.45, 2.75) is 38.8 Å². The predicted molar refractivity (Wildman–Crippen MR) is 65.3 cm³/mol. The molecular weight excluding hydrogens is 240 g/mol. The van der Waals surface area contributed by atoms with Gasteiger partial charge >= 0.3 is 0 Å². The Labute approximate surface area is 106 Å². The number of benzene rings is 1. The highest BCUT2D eigenvalue weighted by Gasteiger charge is 2.24. The summed E-state index contributed by atoms with van der Waals surface area (Å²) in [7, 11) is 0. The normalized spacial score (nSPS) is 11.7. The highest BCUT2D eigenvalue weighted by molar-refractivity contribution is 5.31. The van der Waals surface area contributed by atoms with Gasteiger partial charge in [-0.15, -0.1) is 0 Å². The van der Waals surface area contributed by atoms with E-state index in [2.05, 4.69) is 0 Å². The van der Waals surface area contributed by atoms with Crippen LogP contribution in [0.2, 0.25) is 0 Å². The average molecular weight is 259 g/mol. The molecular formula is C13H19F2NO2. The monoisotopic (exact) mass is 259 g/mol. The molecule has 0 heterocycles. The Morgan fingerprint density at radius 3 is 2.11 bits per heavy atom. The first-order valence-corrected chi connectivity index (χ1v) is 5.99. The smallest absolute Gasteiger partial charge is 0.190 e. The van der Waals surface area contributed by atoms with Crippen LogP contribution in [-0.4, -0.2) is 17.3 Å². The van der Waals surface area contributed by atoms with Crippen molar-refractivity contribution in [1.82, 2.24) is 0 Å². The second-order valence-electron chi connectivity index (χ2n) is 4.31. The summed E-state index contributed by atoms with van der Waals surface area (Å²) in [6.45, 7) is 3.49. The van der Waals surface area contributed by atoms with Crippen LogP contribution in [0.5, 0.6) is 5.75 Å². The van der Waals surface area contributed by atoms with Crippen molar-refractivity contribution in [2.75, 3.05) is 6.61 Å². The van der Waals surface area contributed by atoms with Gasteiger partial charge in [-0.25, -0.2) is 8.78 Å². The molecule has 0 atom stereocenters. The van der Waals surface area contributed by atoms with E-state index in [1.807, 2.05) is 0 Å². The maximum Gasteiger partial charge on any atom is 0.190 e. The SMILES string of the molecule is CCC(O)(CC)COc1c(F)cc(CN)cc1F. The molecule has 0 bridgehead atoms. The van der Waals surface area contributed by atoms with E-state index in [9.17, 15) is 13.9 Å². The molecule has 102 valence electrons. The lowest BCUT2D eigenvalue weighted by Gasteiger charge is -2.25. The zero-order valence-electron chi connectivity index (χ0n) is 10.7. The summed E-state index contributed by atoms with van der Waals surface area (Å²) in [6.07, 6.45) is 0.904. The molecule has 1 aromatic rings. The third kappa shape index (κ3) is 3.40. The second-order valence-corrected chi connectivity index (χ2v) is 4.31. The van der Waals surface area contributed by atoms with Gasteiger partial charge in [0.05, 0.1) is 5.60 Å². The number of aliphatic hydroxyl groups is 1. The van der Waals surface area contributed by atoms with E-state index >= 15 is 0 Å². The van der Waals surface area contributed by atoms with Gasteiger partial charge in [0.15, 0.2) is 17.4 Å². The van der Waals surface area contributed by atoms with Crippen LogP contribution in [0.25, 0.3) is 0 Å². The molecule has 0 aromatic heterocycles. The molecule has 0 aliphatic heterocycles. The van der Waals surface area contributed by atoms with E-state index in [1.165, 1.54) is 0 Å².